The zero-order valence-electron chi connectivity index (χ0n) is 20.1. The van der Waals surface area contributed by atoms with E-state index in [0.717, 1.165) is 64.1 Å². The first kappa shape index (κ1) is 28.9. The van der Waals surface area contributed by atoms with Crippen LogP contribution in [0.4, 0.5) is 37.8 Å². The van der Waals surface area contributed by atoms with Gasteiger partial charge in [-0.05, 0) is 29.3 Å². The summed E-state index contributed by atoms with van der Waals surface area (Å²) in [5, 5.41) is 10.6. The maximum Gasteiger partial charge on any atom is 0.433 e. The predicted octanol–water partition coefficient (Wildman–Crippen LogP) is 4.43. The number of H-pyrrole nitrogens is 1. The van der Waals surface area contributed by atoms with E-state index in [1.165, 1.54) is 0 Å². The quantitative estimate of drug-likeness (QED) is 0.183. The molecule has 0 radical (unpaired) electrons. The molecular weight excluding hydrogens is 532 g/mol. The van der Waals surface area contributed by atoms with Gasteiger partial charge in [0.15, 0.2) is 0 Å². The number of amides is 1. The lowest BCUT2D eigenvalue weighted by atomic mass is 10.1. The Morgan fingerprint density at radius 3 is 2.13 bits per heavy atom. The van der Waals surface area contributed by atoms with Crippen molar-refractivity contribution in [3.63, 3.8) is 0 Å². The summed E-state index contributed by atoms with van der Waals surface area (Å²) in [5.41, 5.74) is 5.99. The first-order valence-electron chi connectivity index (χ1n) is 11.0. The minimum absolute atomic E-state index is 0.0155. The van der Waals surface area contributed by atoms with Gasteiger partial charge in [-0.25, -0.2) is 4.98 Å². The number of hydrogen-bond acceptors (Lipinski definition) is 7. The second kappa shape index (κ2) is 11.8. The van der Waals surface area contributed by atoms with Gasteiger partial charge in [0.2, 0.25) is 6.29 Å². The van der Waals surface area contributed by atoms with Gasteiger partial charge >= 0.3 is 12.4 Å². The molecule has 0 saturated carbocycles. The number of pyridine rings is 2. The monoisotopic (exact) mass is 553 g/mol. The lowest BCUT2D eigenvalue weighted by Gasteiger charge is -2.21. The number of benzene rings is 1. The van der Waals surface area contributed by atoms with Crippen LogP contribution in [-0.2, 0) is 35.0 Å². The standard InChI is InChI=1S/C17H12F6N2O2.C7H9N5/c18-16(19,20)13-4-1-11(2-5-13)8-25(15(27)10-26)9-12-3-6-14(24-7-12)17(21,22)23;1-9-5-3-10-7(8)4-2-11-12-6(4)5/h1-7,10H,8-9H2;2-3,9H,1H3,(H2,8,10)(H,11,12). The Hall–Kier alpha value is -4.69. The maximum absolute atomic E-state index is 12.6. The molecule has 1 amide bonds. The van der Waals surface area contributed by atoms with Gasteiger partial charge in [-0.15, -0.1) is 0 Å². The first-order chi connectivity index (χ1) is 18.3. The number of aromatic nitrogens is 4. The van der Waals surface area contributed by atoms with E-state index in [9.17, 15) is 35.9 Å². The molecule has 0 fully saturated rings. The van der Waals surface area contributed by atoms with Crippen LogP contribution in [-0.4, -0.2) is 44.3 Å². The van der Waals surface area contributed by atoms with E-state index in [4.69, 9.17) is 5.73 Å². The normalized spacial score (nSPS) is 11.5. The predicted molar refractivity (Wildman–Crippen MR) is 129 cm³/mol. The fourth-order valence-corrected chi connectivity index (χ4v) is 3.36. The maximum atomic E-state index is 12.6. The number of carbonyl (C=O) groups is 2. The number of fused-ring (bicyclic) bond motifs is 1. The Morgan fingerprint density at radius 1 is 0.949 bits per heavy atom. The van der Waals surface area contributed by atoms with Crippen LogP contribution in [0.5, 0.6) is 0 Å². The van der Waals surface area contributed by atoms with Crippen molar-refractivity contribution in [2.75, 3.05) is 18.1 Å². The number of hydrogen-bond donors (Lipinski definition) is 3. The van der Waals surface area contributed by atoms with Crippen LogP contribution >= 0.6 is 0 Å². The van der Waals surface area contributed by atoms with Crippen LogP contribution < -0.4 is 11.1 Å². The molecule has 9 nitrogen and oxygen atoms in total. The molecule has 4 N–H and O–H groups in total. The molecule has 4 rings (SSSR count). The minimum Gasteiger partial charge on any atom is -0.385 e. The summed E-state index contributed by atoms with van der Waals surface area (Å²) in [6.45, 7) is -0.430. The molecule has 0 bridgehead atoms. The molecule has 15 heteroatoms. The van der Waals surface area contributed by atoms with Crippen molar-refractivity contribution < 1.29 is 35.9 Å². The van der Waals surface area contributed by atoms with Gasteiger partial charge in [-0.1, -0.05) is 18.2 Å². The average Bonchev–Trinajstić information content (AvgIpc) is 3.39. The molecule has 3 aromatic heterocycles. The molecule has 39 heavy (non-hydrogen) atoms. The number of nitrogens with one attached hydrogen (secondary N) is 2. The highest BCUT2D eigenvalue weighted by Gasteiger charge is 2.32. The topological polar surface area (TPSA) is 130 Å². The summed E-state index contributed by atoms with van der Waals surface area (Å²) in [7, 11) is 1.83. The fraction of sp³-hybridized carbons (Fsp3) is 0.208. The first-order valence-corrected chi connectivity index (χ1v) is 11.0. The summed E-state index contributed by atoms with van der Waals surface area (Å²) < 4.78 is 75.3. The van der Waals surface area contributed by atoms with Gasteiger partial charge in [0, 0.05) is 26.3 Å². The molecule has 0 aliphatic carbocycles. The molecule has 1 aromatic carbocycles. The Morgan fingerprint density at radius 2 is 1.59 bits per heavy atom. The number of halogens is 6. The zero-order chi connectivity index (χ0) is 28.8. The van der Waals surface area contributed by atoms with Gasteiger partial charge in [-0.3, -0.25) is 19.7 Å². The summed E-state index contributed by atoms with van der Waals surface area (Å²) >= 11 is 0. The van der Waals surface area contributed by atoms with Crippen LogP contribution in [0.2, 0.25) is 0 Å². The summed E-state index contributed by atoms with van der Waals surface area (Å²) in [5.74, 6) is -0.465. The Labute approximate surface area is 217 Å². The number of alkyl halides is 6. The third-order valence-electron chi connectivity index (χ3n) is 5.34. The van der Waals surface area contributed by atoms with E-state index in [1.807, 2.05) is 7.05 Å². The van der Waals surface area contributed by atoms with E-state index in [1.54, 1.807) is 12.4 Å². The smallest absolute Gasteiger partial charge is 0.385 e. The highest BCUT2D eigenvalue weighted by molar-refractivity contribution is 6.23. The number of nitrogens with zero attached hydrogens (tertiary/aromatic N) is 4. The molecule has 0 unspecified atom stereocenters. The number of rotatable bonds is 6. The molecule has 0 aliphatic rings. The van der Waals surface area contributed by atoms with Gasteiger partial charge in [0.25, 0.3) is 5.91 Å². The van der Waals surface area contributed by atoms with Gasteiger partial charge in [-0.2, -0.15) is 31.4 Å². The number of carbonyl (C=O) groups excluding carboxylic acids is 2. The minimum atomic E-state index is -4.61. The SMILES string of the molecule is CNc1cnc(N)c2cn[nH]c12.O=CC(=O)N(Cc1ccc(C(F)(F)F)cc1)Cc1ccc(C(F)(F)F)nc1. The molecule has 0 atom stereocenters. The van der Waals surface area contributed by atoms with Crippen LogP contribution in [0.3, 0.4) is 0 Å². The molecule has 0 saturated heterocycles. The van der Waals surface area contributed by atoms with Crippen molar-refractivity contribution in [3.05, 3.63) is 77.4 Å². The van der Waals surface area contributed by atoms with E-state index in [0.29, 0.717) is 11.4 Å². The third kappa shape index (κ3) is 7.43. The lowest BCUT2D eigenvalue weighted by Crippen LogP contribution is -2.31. The van der Waals surface area contributed by atoms with Crippen LogP contribution in [0.25, 0.3) is 10.9 Å². The van der Waals surface area contributed by atoms with Gasteiger partial charge in [0.1, 0.15) is 11.5 Å². The molecule has 0 spiro atoms. The number of aldehydes is 1. The number of nitrogen functional groups attached to an aromatic ring is 1. The molecule has 206 valence electrons. The largest absolute Gasteiger partial charge is 0.433 e. The van der Waals surface area contributed by atoms with Crippen LogP contribution in [0.1, 0.15) is 22.4 Å². The average molecular weight is 553 g/mol. The Kier molecular flexibility index (Phi) is 8.73. The summed E-state index contributed by atoms with van der Waals surface area (Å²) in [6, 6.07) is 5.81. The van der Waals surface area contributed by atoms with Crippen molar-refractivity contribution in [1.82, 2.24) is 25.1 Å². The molecule has 4 aromatic rings. The second-order valence-electron chi connectivity index (χ2n) is 8.02. The van der Waals surface area contributed by atoms with Crippen molar-refractivity contribution in [2.45, 2.75) is 25.4 Å². The third-order valence-corrected chi connectivity index (χ3v) is 5.34. The van der Waals surface area contributed by atoms with E-state index >= 15 is 0 Å². The number of nitrogens with two attached hydrogens (primary N) is 1. The van der Waals surface area contributed by atoms with Gasteiger partial charge < -0.3 is 16.0 Å². The summed E-state index contributed by atoms with van der Waals surface area (Å²) in [6.07, 6.45) is -4.85. The van der Waals surface area contributed by atoms with Crippen LogP contribution in [0, 0.1) is 0 Å². The molecule has 3 heterocycles. The lowest BCUT2D eigenvalue weighted by molar-refractivity contribution is -0.141. The van der Waals surface area contributed by atoms with Crippen molar-refractivity contribution in [1.29, 1.82) is 0 Å². The molecule has 0 aliphatic heterocycles. The van der Waals surface area contributed by atoms with E-state index < -0.39 is 29.5 Å². The molecular formula is C24H21F6N7O2. The highest BCUT2D eigenvalue weighted by Crippen LogP contribution is 2.30. The second-order valence-corrected chi connectivity index (χ2v) is 8.02. The zero-order valence-corrected chi connectivity index (χ0v) is 20.1. The fourth-order valence-electron chi connectivity index (χ4n) is 3.36. The summed E-state index contributed by atoms with van der Waals surface area (Å²) in [4.78, 5) is 30.8. The number of aromatic amines is 1. The van der Waals surface area contributed by atoms with Crippen molar-refractivity contribution >= 4 is 34.6 Å². The Bertz CT molecular complexity index is 1360. The van der Waals surface area contributed by atoms with Gasteiger partial charge in [0.05, 0.1) is 34.5 Å². The van der Waals surface area contributed by atoms with E-state index in [-0.39, 0.29) is 24.9 Å². The van der Waals surface area contributed by atoms with Crippen molar-refractivity contribution in [3.8, 4) is 0 Å². The van der Waals surface area contributed by atoms with Crippen molar-refractivity contribution in [2.24, 2.45) is 0 Å². The highest BCUT2D eigenvalue weighted by atomic mass is 19.4. The van der Waals surface area contributed by atoms with E-state index in [2.05, 4.69) is 25.5 Å². The van der Waals surface area contributed by atoms with Crippen LogP contribution in [0.15, 0.2) is 55.0 Å². The Balaban J connectivity index is 0.000000289. The number of anilines is 2.